The Hall–Kier alpha value is -1.43. The molecule has 2 aromatic heterocycles. The number of rotatable bonds is 1. The number of hydrogen-bond acceptors (Lipinski definition) is 5. The van der Waals surface area contributed by atoms with Crippen molar-refractivity contribution in [1.82, 2.24) is 19.1 Å². The van der Waals surface area contributed by atoms with Gasteiger partial charge in [-0.25, -0.2) is 9.67 Å². The molecule has 0 unspecified atom stereocenters. The largest absolute Gasteiger partial charge is 0.396 e. The second-order valence-corrected chi connectivity index (χ2v) is 5.10. The van der Waals surface area contributed by atoms with Crippen LogP contribution in [0.25, 0.3) is 5.13 Å². The molecule has 0 saturated heterocycles. The number of nitrogens with zero attached hydrogens (tertiary/aromatic N) is 4. The predicted octanol–water partition coefficient (Wildman–Crippen LogP) is 1.60. The van der Waals surface area contributed by atoms with Crippen molar-refractivity contribution in [3.63, 3.8) is 0 Å². The zero-order chi connectivity index (χ0) is 11.1. The Bertz CT molecular complexity index is 465. The van der Waals surface area contributed by atoms with Gasteiger partial charge >= 0.3 is 0 Å². The Balaban J connectivity index is 2.36. The molecule has 6 heteroatoms. The van der Waals surface area contributed by atoms with Crippen molar-refractivity contribution in [2.75, 3.05) is 5.73 Å². The van der Waals surface area contributed by atoms with Crippen molar-refractivity contribution < 1.29 is 0 Å². The highest BCUT2D eigenvalue weighted by Gasteiger charge is 2.20. The van der Waals surface area contributed by atoms with Gasteiger partial charge in [0, 0.05) is 16.9 Å². The molecule has 0 saturated carbocycles. The van der Waals surface area contributed by atoms with Crippen LogP contribution in [0.2, 0.25) is 0 Å². The van der Waals surface area contributed by atoms with E-state index in [1.165, 1.54) is 11.5 Å². The summed E-state index contributed by atoms with van der Waals surface area (Å²) in [7, 11) is 0. The third-order valence-corrected chi connectivity index (χ3v) is 2.59. The second kappa shape index (κ2) is 3.30. The minimum absolute atomic E-state index is 0.0343. The molecule has 0 aromatic carbocycles. The van der Waals surface area contributed by atoms with Crippen molar-refractivity contribution in [1.29, 1.82) is 0 Å². The molecule has 0 radical (unpaired) electrons. The minimum Gasteiger partial charge on any atom is -0.396 e. The highest BCUT2D eigenvalue weighted by molar-refractivity contribution is 7.08. The lowest BCUT2D eigenvalue weighted by atomic mass is 9.96. The van der Waals surface area contributed by atoms with Crippen molar-refractivity contribution in [2.24, 2.45) is 0 Å². The van der Waals surface area contributed by atoms with Gasteiger partial charge < -0.3 is 5.73 Å². The van der Waals surface area contributed by atoms with E-state index < -0.39 is 0 Å². The van der Waals surface area contributed by atoms with Gasteiger partial charge in [0.2, 0.25) is 5.13 Å². The number of hydrogen-bond donors (Lipinski definition) is 1. The van der Waals surface area contributed by atoms with Gasteiger partial charge in [-0.2, -0.15) is 9.47 Å². The summed E-state index contributed by atoms with van der Waals surface area (Å²) < 4.78 is 5.94. The summed E-state index contributed by atoms with van der Waals surface area (Å²) in [6.07, 6.45) is 3.32. The van der Waals surface area contributed by atoms with E-state index >= 15 is 0 Å². The quantitative estimate of drug-likeness (QED) is 0.797. The molecule has 80 valence electrons. The predicted molar refractivity (Wildman–Crippen MR) is 60.1 cm³/mol. The molecule has 15 heavy (non-hydrogen) atoms. The van der Waals surface area contributed by atoms with E-state index in [2.05, 4.69) is 35.2 Å². The van der Waals surface area contributed by atoms with Crippen molar-refractivity contribution in [3.8, 4) is 5.13 Å². The lowest BCUT2D eigenvalue weighted by Gasteiger charge is -2.11. The number of aromatic nitrogens is 4. The van der Waals surface area contributed by atoms with Crippen LogP contribution >= 0.6 is 11.5 Å². The Morgan fingerprint density at radius 2 is 2.13 bits per heavy atom. The Morgan fingerprint density at radius 3 is 2.60 bits per heavy atom. The third-order valence-electron chi connectivity index (χ3n) is 1.88. The molecule has 2 heterocycles. The van der Waals surface area contributed by atoms with Crippen LogP contribution in [0.4, 0.5) is 5.69 Å². The first-order valence-corrected chi connectivity index (χ1v) is 5.39. The Morgan fingerprint density at radius 1 is 1.40 bits per heavy atom. The molecule has 2 aromatic rings. The smallest absolute Gasteiger partial charge is 0.230 e. The lowest BCUT2D eigenvalue weighted by molar-refractivity contribution is 0.553. The van der Waals surface area contributed by atoms with Crippen LogP contribution in [-0.2, 0) is 5.41 Å². The molecule has 0 aliphatic carbocycles. The first-order chi connectivity index (χ1) is 6.97. The number of anilines is 1. The monoisotopic (exact) mass is 223 g/mol. The van der Waals surface area contributed by atoms with Crippen LogP contribution in [-0.4, -0.2) is 19.1 Å². The molecule has 0 fully saturated rings. The average molecular weight is 223 g/mol. The maximum Gasteiger partial charge on any atom is 0.230 e. The normalized spacial score (nSPS) is 11.9. The first kappa shape index (κ1) is 10.1. The SMILES string of the molecule is CC(C)(C)c1nsc(-n2cc(N)cn2)n1. The molecule has 0 atom stereocenters. The van der Waals surface area contributed by atoms with Gasteiger partial charge in [-0.15, -0.1) is 0 Å². The summed E-state index contributed by atoms with van der Waals surface area (Å²) in [5.74, 6) is 0.830. The summed E-state index contributed by atoms with van der Waals surface area (Å²) in [5.41, 5.74) is 6.17. The van der Waals surface area contributed by atoms with Crippen LogP contribution in [0.1, 0.15) is 26.6 Å². The van der Waals surface area contributed by atoms with E-state index in [4.69, 9.17) is 5.73 Å². The van der Waals surface area contributed by atoms with Crippen LogP contribution in [0, 0.1) is 0 Å². The van der Waals surface area contributed by atoms with Crippen LogP contribution in [0.5, 0.6) is 0 Å². The first-order valence-electron chi connectivity index (χ1n) is 4.61. The molecular formula is C9H13N5S. The van der Waals surface area contributed by atoms with E-state index in [9.17, 15) is 0 Å². The lowest BCUT2D eigenvalue weighted by Crippen LogP contribution is -2.13. The van der Waals surface area contributed by atoms with Gasteiger partial charge in [-0.3, -0.25) is 0 Å². The zero-order valence-corrected chi connectivity index (χ0v) is 9.75. The van der Waals surface area contributed by atoms with Crippen LogP contribution < -0.4 is 5.73 Å². The maximum absolute atomic E-state index is 5.58. The summed E-state index contributed by atoms with van der Waals surface area (Å²) in [5, 5.41) is 4.83. The molecule has 0 aliphatic heterocycles. The molecule has 0 bridgehead atoms. The Labute approximate surface area is 92.1 Å². The van der Waals surface area contributed by atoms with Gasteiger partial charge in [0.05, 0.1) is 18.1 Å². The van der Waals surface area contributed by atoms with E-state index in [1.807, 2.05) is 0 Å². The number of nitrogen functional groups attached to an aromatic ring is 1. The van der Waals surface area contributed by atoms with E-state index in [-0.39, 0.29) is 5.41 Å². The Kier molecular flexibility index (Phi) is 2.22. The number of nitrogens with two attached hydrogens (primary N) is 1. The highest BCUT2D eigenvalue weighted by Crippen LogP contribution is 2.22. The molecular weight excluding hydrogens is 210 g/mol. The van der Waals surface area contributed by atoms with Crippen molar-refractivity contribution in [3.05, 3.63) is 18.2 Å². The van der Waals surface area contributed by atoms with Gasteiger partial charge in [0.15, 0.2) is 0 Å². The summed E-state index contributed by atoms with van der Waals surface area (Å²) in [6.45, 7) is 6.24. The zero-order valence-electron chi connectivity index (χ0n) is 8.93. The van der Waals surface area contributed by atoms with Gasteiger partial charge in [0.25, 0.3) is 0 Å². The molecule has 2 N–H and O–H groups in total. The molecule has 2 rings (SSSR count). The van der Waals surface area contributed by atoms with Crippen molar-refractivity contribution >= 4 is 17.2 Å². The van der Waals surface area contributed by atoms with Crippen LogP contribution in [0.3, 0.4) is 0 Å². The third kappa shape index (κ3) is 1.99. The summed E-state index contributed by atoms with van der Waals surface area (Å²) in [6, 6.07) is 0. The maximum atomic E-state index is 5.58. The average Bonchev–Trinajstić information content (AvgIpc) is 2.69. The van der Waals surface area contributed by atoms with Crippen LogP contribution in [0.15, 0.2) is 12.4 Å². The molecule has 0 amide bonds. The molecule has 5 nitrogen and oxygen atoms in total. The van der Waals surface area contributed by atoms with Gasteiger partial charge in [-0.1, -0.05) is 20.8 Å². The molecule has 0 spiro atoms. The molecule has 0 aliphatic rings. The van der Waals surface area contributed by atoms with E-state index in [0.29, 0.717) is 5.69 Å². The second-order valence-electron chi connectivity index (χ2n) is 4.37. The van der Waals surface area contributed by atoms with Crippen molar-refractivity contribution in [2.45, 2.75) is 26.2 Å². The standard InChI is InChI=1S/C9H13N5S/c1-9(2,3)7-12-8(15-13-7)14-5-6(10)4-11-14/h4-5H,10H2,1-3H3. The van der Waals surface area contributed by atoms with E-state index in [1.54, 1.807) is 17.1 Å². The minimum atomic E-state index is -0.0343. The van der Waals surface area contributed by atoms with Gasteiger partial charge in [0.1, 0.15) is 5.82 Å². The summed E-state index contributed by atoms with van der Waals surface area (Å²) >= 11 is 1.33. The summed E-state index contributed by atoms with van der Waals surface area (Å²) in [4.78, 5) is 4.42. The topological polar surface area (TPSA) is 69.6 Å². The van der Waals surface area contributed by atoms with E-state index in [0.717, 1.165) is 11.0 Å². The fourth-order valence-electron chi connectivity index (χ4n) is 1.05. The fourth-order valence-corrected chi connectivity index (χ4v) is 1.85. The van der Waals surface area contributed by atoms with Gasteiger partial charge in [-0.05, 0) is 0 Å². The highest BCUT2D eigenvalue weighted by atomic mass is 32.1. The fraction of sp³-hybridized carbons (Fsp3) is 0.444.